The van der Waals surface area contributed by atoms with Crippen LogP contribution in [0.2, 0.25) is 0 Å². The summed E-state index contributed by atoms with van der Waals surface area (Å²) in [5, 5.41) is 59.3. The predicted octanol–water partition coefficient (Wildman–Crippen LogP) is -4.79. The molecule has 0 radical (unpaired) electrons. The standard InChI is InChI=1S/C15H24N2O17P2/c18-3-5-8(20)10(22)12(24)14(32-5)33-36(29,34-35(26,27)28)30-4-6-9(21)11(23)13(31-6)17-2-1-7(19)16-15(17)25/h1-2,5-6,8-14,18,20-24H,3-4H2,(H,16,19,25)(H2,26,27,28)/t5-,6+,8-,9?,10+,11?,12+,13+,14+,36?/m1/s1. The van der Waals surface area contributed by atoms with E-state index in [2.05, 4.69) is 4.31 Å². The summed E-state index contributed by atoms with van der Waals surface area (Å²) in [6.45, 7) is -1.97. The number of aromatic amines is 1. The molecule has 2 aliphatic heterocycles. The van der Waals surface area contributed by atoms with Crippen molar-refractivity contribution in [3.63, 3.8) is 0 Å². The monoisotopic (exact) mass is 566 g/mol. The summed E-state index contributed by atoms with van der Waals surface area (Å²) in [6, 6.07) is 0.921. The quantitative estimate of drug-likeness (QED) is 0.127. The van der Waals surface area contributed by atoms with Crippen LogP contribution in [-0.2, 0) is 32.0 Å². The topological polar surface area (TPSA) is 297 Å². The molecular formula is C15H24N2O17P2. The number of rotatable bonds is 9. The summed E-state index contributed by atoms with van der Waals surface area (Å²) in [7, 11) is -11.1. The number of aliphatic hydroxyl groups excluding tert-OH is 6. The molecule has 2 fully saturated rings. The van der Waals surface area contributed by atoms with Crippen LogP contribution >= 0.6 is 15.6 Å². The second-order valence-corrected chi connectivity index (χ2v) is 10.7. The average Bonchev–Trinajstić information content (AvgIpc) is 3.05. The lowest BCUT2D eigenvalue weighted by Gasteiger charge is -2.40. The summed E-state index contributed by atoms with van der Waals surface area (Å²) in [5.41, 5.74) is -1.77. The van der Waals surface area contributed by atoms with Crippen LogP contribution in [0.25, 0.3) is 0 Å². The number of phosphoric acid groups is 2. The second kappa shape index (κ2) is 11.2. The number of hydrogen-bond acceptors (Lipinski definition) is 15. The van der Waals surface area contributed by atoms with Crippen molar-refractivity contribution in [1.29, 1.82) is 0 Å². The summed E-state index contributed by atoms with van der Waals surface area (Å²) < 4.78 is 48.9. The molecule has 3 unspecified atom stereocenters. The first kappa shape index (κ1) is 29.2. The highest BCUT2D eigenvalue weighted by molar-refractivity contribution is 7.61. The highest BCUT2D eigenvalue weighted by atomic mass is 31.3. The zero-order valence-corrected chi connectivity index (χ0v) is 19.6. The highest BCUT2D eigenvalue weighted by Crippen LogP contribution is 2.62. The number of aromatic nitrogens is 2. The zero-order chi connectivity index (χ0) is 27.0. The van der Waals surface area contributed by atoms with Gasteiger partial charge in [0.15, 0.2) is 12.5 Å². The van der Waals surface area contributed by atoms with Gasteiger partial charge in [0, 0.05) is 12.3 Å². The van der Waals surface area contributed by atoms with E-state index in [1.165, 1.54) is 0 Å². The third kappa shape index (κ3) is 6.54. The first-order chi connectivity index (χ1) is 16.7. The van der Waals surface area contributed by atoms with Gasteiger partial charge in [-0.15, -0.1) is 0 Å². The predicted molar refractivity (Wildman–Crippen MR) is 109 cm³/mol. The Kier molecular flexibility index (Phi) is 9.05. The molecule has 1 aromatic rings. The fourth-order valence-electron chi connectivity index (χ4n) is 3.37. The van der Waals surface area contributed by atoms with E-state index in [0.717, 1.165) is 12.3 Å². The van der Waals surface area contributed by atoms with Crippen LogP contribution < -0.4 is 11.2 Å². The van der Waals surface area contributed by atoms with Crippen LogP contribution in [0.3, 0.4) is 0 Å². The first-order valence-electron chi connectivity index (χ1n) is 9.99. The van der Waals surface area contributed by atoms with Gasteiger partial charge in [-0.1, -0.05) is 0 Å². The van der Waals surface area contributed by atoms with Gasteiger partial charge in [0.05, 0.1) is 13.2 Å². The van der Waals surface area contributed by atoms with Crippen molar-refractivity contribution in [3.05, 3.63) is 33.1 Å². The van der Waals surface area contributed by atoms with Crippen LogP contribution in [0.5, 0.6) is 0 Å². The normalized spacial score (nSPS) is 37.1. The van der Waals surface area contributed by atoms with Crippen molar-refractivity contribution < 1.29 is 72.4 Å². The summed E-state index contributed by atoms with van der Waals surface area (Å²) in [6.07, 6.45) is -15.6. The fraction of sp³-hybridized carbons (Fsp3) is 0.733. The van der Waals surface area contributed by atoms with E-state index < -0.39 is 95.4 Å². The summed E-state index contributed by atoms with van der Waals surface area (Å²) in [4.78, 5) is 43.3. The summed E-state index contributed by atoms with van der Waals surface area (Å²) >= 11 is 0. The molecule has 3 rings (SSSR count). The van der Waals surface area contributed by atoms with E-state index in [9.17, 15) is 49.4 Å². The number of phosphoric ester groups is 1. The van der Waals surface area contributed by atoms with E-state index in [-0.39, 0.29) is 0 Å². The Morgan fingerprint density at radius 2 is 1.58 bits per heavy atom. The highest BCUT2D eigenvalue weighted by Gasteiger charge is 2.50. The number of aliphatic hydroxyl groups is 6. The molecule has 0 bridgehead atoms. The minimum absolute atomic E-state index is 0.714. The van der Waals surface area contributed by atoms with Gasteiger partial charge in [-0.2, -0.15) is 4.31 Å². The van der Waals surface area contributed by atoms with Crippen LogP contribution in [0, 0.1) is 0 Å². The molecule has 21 heteroatoms. The largest absolute Gasteiger partial charge is 0.486 e. The van der Waals surface area contributed by atoms with Gasteiger partial charge in [-0.3, -0.25) is 23.4 Å². The minimum atomic E-state index is -5.63. The number of H-pyrrole nitrogens is 1. The molecule has 0 saturated carbocycles. The fourth-order valence-corrected chi connectivity index (χ4v) is 5.58. The maximum absolute atomic E-state index is 13.0. The Labute approximate surface area is 199 Å². The van der Waals surface area contributed by atoms with Gasteiger partial charge in [-0.05, 0) is 0 Å². The maximum atomic E-state index is 13.0. The molecule has 1 aromatic heterocycles. The van der Waals surface area contributed by atoms with Crippen molar-refractivity contribution in [2.45, 2.75) is 55.2 Å². The molecule has 19 nitrogen and oxygen atoms in total. The number of hydrogen-bond donors (Lipinski definition) is 9. The van der Waals surface area contributed by atoms with Gasteiger partial charge in [0.2, 0.25) is 0 Å². The molecule has 206 valence electrons. The molecular weight excluding hydrogens is 542 g/mol. The van der Waals surface area contributed by atoms with Gasteiger partial charge < -0.3 is 49.9 Å². The van der Waals surface area contributed by atoms with Crippen molar-refractivity contribution in [2.24, 2.45) is 0 Å². The molecule has 0 aliphatic carbocycles. The van der Waals surface area contributed by atoms with Gasteiger partial charge >= 0.3 is 21.3 Å². The van der Waals surface area contributed by atoms with Crippen LogP contribution in [-0.4, -0.2) is 112 Å². The molecule has 0 spiro atoms. The third-order valence-corrected chi connectivity index (χ3v) is 7.73. The number of nitrogens with one attached hydrogen (secondary N) is 1. The van der Waals surface area contributed by atoms with Crippen molar-refractivity contribution >= 4 is 15.6 Å². The molecule has 0 amide bonds. The average molecular weight is 566 g/mol. The molecule has 2 saturated heterocycles. The third-order valence-electron chi connectivity index (χ3n) is 5.15. The van der Waals surface area contributed by atoms with E-state index >= 15 is 0 Å². The Hall–Kier alpha value is -1.38. The van der Waals surface area contributed by atoms with E-state index in [0.29, 0.717) is 4.57 Å². The van der Waals surface area contributed by atoms with Crippen LogP contribution in [0.1, 0.15) is 6.23 Å². The maximum Gasteiger partial charge on any atom is 0.486 e. The molecule has 3 heterocycles. The van der Waals surface area contributed by atoms with E-state index in [1.807, 2.05) is 4.98 Å². The lowest BCUT2D eigenvalue weighted by Crippen LogP contribution is -2.59. The van der Waals surface area contributed by atoms with Crippen molar-refractivity contribution in [1.82, 2.24) is 9.55 Å². The smallest absolute Gasteiger partial charge is 0.394 e. The van der Waals surface area contributed by atoms with E-state index in [1.54, 1.807) is 0 Å². The lowest BCUT2D eigenvalue weighted by atomic mass is 10.00. The lowest BCUT2D eigenvalue weighted by molar-refractivity contribution is -0.281. The van der Waals surface area contributed by atoms with Crippen molar-refractivity contribution in [3.8, 4) is 0 Å². The minimum Gasteiger partial charge on any atom is -0.394 e. The Morgan fingerprint density at radius 3 is 2.17 bits per heavy atom. The Balaban J connectivity index is 1.77. The molecule has 0 aromatic carbocycles. The SMILES string of the molecule is O=c1ccn([C@H]2O[C@@H](COP(=O)(O[C@@H]3O[C@H](CO)[C@@H](O)[C@H](O)[C@@H]3O)OP(=O)(O)O)C(O)C2O)c(=O)[nH]1. The second-order valence-electron chi connectivity index (χ2n) is 7.68. The Bertz CT molecular complexity index is 1120. The number of nitrogens with zero attached hydrogens (tertiary/aromatic N) is 1. The summed E-state index contributed by atoms with van der Waals surface area (Å²) in [5.74, 6) is 0. The van der Waals surface area contributed by atoms with E-state index in [4.69, 9.17) is 28.3 Å². The van der Waals surface area contributed by atoms with Gasteiger partial charge in [0.1, 0.15) is 42.7 Å². The zero-order valence-electron chi connectivity index (χ0n) is 17.9. The molecule has 36 heavy (non-hydrogen) atoms. The van der Waals surface area contributed by atoms with Crippen LogP contribution in [0.4, 0.5) is 0 Å². The molecule has 9 N–H and O–H groups in total. The first-order valence-corrected chi connectivity index (χ1v) is 13.0. The van der Waals surface area contributed by atoms with Gasteiger partial charge in [-0.25, -0.2) is 13.9 Å². The van der Waals surface area contributed by atoms with Crippen molar-refractivity contribution in [2.75, 3.05) is 13.2 Å². The number of ether oxygens (including phenoxy) is 2. The van der Waals surface area contributed by atoms with Gasteiger partial charge in [0.25, 0.3) is 5.56 Å². The van der Waals surface area contributed by atoms with Crippen LogP contribution in [0.15, 0.2) is 21.9 Å². The molecule has 10 atom stereocenters. The molecule has 2 aliphatic rings. The Morgan fingerprint density at radius 1 is 0.944 bits per heavy atom.